The van der Waals surface area contributed by atoms with Crippen molar-refractivity contribution in [3.05, 3.63) is 36.0 Å². The lowest BCUT2D eigenvalue weighted by atomic mass is 10.1. The minimum absolute atomic E-state index is 0.0603. The summed E-state index contributed by atoms with van der Waals surface area (Å²) in [5, 5.41) is 6.67. The molecule has 0 radical (unpaired) electrons. The summed E-state index contributed by atoms with van der Waals surface area (Å²) in [5.41, 5.74) is 8.04. The normalized spacial score (nSPS) is 13.5. The molecule has 0 aliphatic carbocycles. The van der Waals surface area contributed by atoms with E-state index in [1.807, 2.05) is 44.3 Å². The number of benzene rings is 1. The molecule has 0 aliphatic rings. The molecule has 2 aromatic rings. The Morgan fingerprint density at radius 3 is 2.79 bits per heavy atom. The van der Waals surface area contributed by atoms with Gasteiger partial charge in [-0.3, -0.25) is 9.59 Å². The number of amides is 2. The van der Waals surface area contributed by atoms with Crippen molar-refractivity contribution in [2.45, 2.75) is 45.2 Å². The smallest absolute Gasteiger partial charge is 0.237 e. The van der Waals surface area contributed by atoms with Gasteiger partial charge in [0.15, 0.2) is 0 Å². The number of hydrogen-bond acceptors (Lipinski definition) is 3. The van der Waals surface area contributed by atoms with Crippen LogP contribution in [-0.4, -0.2) is 35.4 Å². The second-order valence-corrected chi connectivity index (χ2v) is 6.09. The van der Waals surface area contributed by atoms with Crippen LogP contribution in [0.4, 0.5) is 0 Å². The predicted octanol–water partition coefficient (Wildman–Crippen LogP) is 1.46. The van der Waals surface area contributed by atoms with Crippen molar-refractivity contribution in [3.8, 4) is 0 Å². The van der Waals surface area contributed by atoms with E-state index in [9.17, 15) is 9.59 Å². The molecule has 0 fully saturated rings. The number of nitrogens with one attached hydrogen (secondary N) is 3. The first-order chi connectivity index (χ1) is 11.5. The molecule has 1 unspecified atom stereocenters. The molecule has 6 heteroatoms. The summed E-state index contributed by atoms with van der Waals surface area (Å²) >= 11 is 0. The number of rotatable bonds is 8. The molecule has 130 valence electrons. The molecule has 1 aromatic carbocycles. The van der Waals surface area contributed by atoms with Crippen LogP contribution in [0, 0.1) is 0 Å². The number of para-hydroxylation sites is 1. The van der Waals surface area contributed by atoms with Crippen LogP contribution in [0.25, 0.3) is 10.9 Å². The molecule has 2 amide bonds. The monoisotopic (exact) mass is 330 g/mol. The highest BCUT2D eigenvalue weighted by Gasteiger charge is 2.16. The maximum Gasteiger partial charge on any atom is 0.237 e. The van der Waals surface area contributed by atoms with Gasteiger partial charge in [-0.2, -0.15) is 0 Å². The first-order valence-corrected chi connectivity index (χ1v) is 8.39. The van der Waals surface area contributed by atoms with Crippen LogP contribution < -0.4 is 16.4 Å². The lowest BCUT2D eigenvalue weighted by Gasteiger charge is -2.13. The van der Waals surface area contributed by atoms with E-state index in [-0.39, 0.29) is 24.3 Å². The van der Waals surface area contributed by atoms with Crippen LogP contribution in [-0.2, 0) is 16.0 Å². The highest BCUT2D eigenvalue weighted by atomic mass is 16.2. The highest BCUT2D eigenvalue weighted by molar-refractivity contribution is 5.86. The Labute approximate surface area is 142 Å². The van der Waals surface area contributed by atoms with Crippen molar-refractivity contribution in [3.63, 3.8) is 0 Å². The first kappa shape index (κ1) is 18.0. The van der Waals surface area contributed by atoms with Gasteiger partial charge in [-0.25, -0.2) is 0 Å². The maximum atomic E-state index is 12.1. The van der Waals surface area contributed by atoms with Crippen molar-refractivity contribution in [1.82, 2.24) is 15.6 Å². The first-order valence-electron chi connectivity index (χ1n) is 8.39. The fourth-order valence-electron chi connectivity index (χ4n) is 2.51. The summed E-state index contributed by atoms with van der Waals surface area (Å²) in [7, 11) is 0. The summed E-state index contributed by atoms with van der Waals surface area (Å²) in [6, 6.07) is 7.42. The van der Waals surface area contributed by atoms with Gasteiger partial charge in [0, 0.05) is 36.1 Å². The molecule has 2 rings (SSSR count). The molecule has 0 saturated carbocycles. The van der Waals surface area contributed by atoms with E-state index >= 15 is 0 Å². The van der Waals surface area contributed by atoms with E-state index in [1.54, 1.807) is 0 Å². The number of nitrogens with two attached hydrogens (primary N) is 1. The maximum absolute atomic E-state index is 12.1. The van der Waals surface area contributed by atoms with Crippen LogP contribution >= 0.6 is 0 Å². The zero-order valence-electron chi connectivity index (χ0n) is 14.3. The third-order valence-electron chi connectivity index (χ3n) is 4.12. The molecule has 0 spiro atoms. The Morgan fingerprint density at radius 1 is 1.29 bits per heavy atom. The number of H-pyrrole nitrogens is 1. The fourth-order valence-corrected chi connectivity index (χ4v) is 2.51. The Morgan fingerprint density at radius 2 is 2.04 bits per heavy atom. The van der Waals surface area contributed by atoms with Crippen molar-refractivity contribution >= 4 is 22.7 Å². The van der Waals surface area contributed by atoms with E-state index < -0.39 is 6.04 Å². The lowest BCUT2D eigenvalue weighted by molar-refractivity contribution is -0.123. The van der Waals surface area contributed by atoms with Gasteiger partial charge < -0.3 is 21.4 Å². The van der Waals surface area contributed by atoms with E-state index in [0.29, 0.717) is 13.0 Å². The van der Waals surface area contributed by atoms with Crippen LogP contribution in [0.15, 0.2) is 30.5 Å². The van der Waals surface area contributed by atoms with E-state index in [2.05, 4.69) is 15.6 Å². The topological polar surface area (TPSA) is 100 Å². The lowest BCUT2D eigenvalue weighted by Crippen LogP contribution is -2.43. The van der Waals surface area contributed by atoms with Crippen molar-refractivity contribution < 1.29 is 9.59 Å². The highest BCUT2D eigenvalue weighted by Crippen LogP contribution is 2.18. The van der Waals surface area contributed by atoms with Gasteiger partial charge in [-0.1, -0.05) is 25.1 Å². The fraction of sp³-hybridized carbons (Fsp3) is 0.444. The third-order valence-corrected chi connectivity index (χ3v) is 4.12. The molecule has 2 atom stereocenters. The summed E-state index contributed by atoms with van der Waals surface area (Å²) < 4.78 is 0. The summed E-state index contributed by atoms with van der Waals surface area (Å²) in [4.78, 5) is 26.9. The van der Waals surface area contributed by atoms with Crippen LogP contribution in [0.1, 0.15) is 32.3 Å². The number of hydrogen-bond donors (Lipinski definition) is 4. The molecule has 24 heavy (non-hydrogen) atoms. The molecule has 1 aromatic heterocycles. The van der Waals surface area contributed by atoms with Crippen LogP contribution in [0.5, 0.6) is 0 Å². The van der Waals surface area contributed by atoms with E-state index in [0.717, 1.165) is 22.9 Å². The Balaban J connectivity index is 1.79. The number of aromatic nitrogens is 1. The number of carbonyl (C=O) groups is 2. The Hall–Kier alpha value is -2.34. The number of carbonyl (C=O) groups excluding carboxylic acids is 2. The van der Waals surface area contributed by atoms with Gasteiger partial charge in [0.2, 0.25) is 11.8 Å². The van der Waals surface area contributed by atoms with Gasteiger partial charge in [-0.05, 0) is 31.4 Å². The molecule has 0 bridgehead atoms. The zero-order valence-corrected chi connectivity index (χ0v) is 14.3. The molecular formula is C18H26N4O2. The van der Waals surface area contributed by atoms with Crippen molar-refractivity contribution in [2.75, 3.05) is 6.54 Å². The van der Waals surface area contributed by atoms with Crippen LogP contribution in [0.3, 0.4) is 0 Å². The van der Waals surface area contributed by atoms with E-state index in [1.165, 1.54) is 0 Å². The summed E-state index contributed by atoms with van der Waals surface area (Å²) in [5.74, 6) is -0.300. The molecule has 0 aliphatic heterocycles. The summed E-state index contributed by atoms with van der Waals surface area (Å²) in [6.07, 6.45) is 3.48. The SMILES string of the molecule is CCC(C)NC(=O)CCNC(=O)[C@@H](N)Cc1c[nH]c2ccccc12. The van der Waals surface area contributed by atoms with E-state index in [4.69, 9.17) is 5.73 Å². The molecular weight excluding hydrogens is 304 g/mol. The second-order valence-electron chi connectivity index (χ2n) is 6.09. The van der Waals surface area contributed by atoms with Gasteiger partial charge in [0.25, 0.3) is 0 Å². The predicted molar refractivity (Wildman–Crippen MR) is 95.5 cm³/mol. The van der Waals surface area contributed by atoms with Gasteiger partial charge in [0.1, 0.15) is 0 Å². The average Bonchev–Trinajstić information content (AvgIpc) is 2.97. The van der Waals surface area contributed by atoms with Crippen molar-refractivity contribution in [2.24, 2.45) is 5.73 Å². The van der Waals surface area contributed by atoms with Crippen molar-refractivity contribution in [1.29, 1.82) is 0 Å². The minimum atomic E-state index is -0.637. The third kappa shape index (κ3) is 4.83. The molecule has 5 N–H and O–H groups in total. The largest absolute Gasteiger partial charge is 0.361 e. The number of aromatic amines is 1. The molecule has 1 heterocycles. The standard InChI is InChI=1S/C18H26N4O2/c1-3-12(2)22-17(23)8-9-20-18(24)15(19)10-13-11-21-16-7-5-4-6-14(13)16/h4-7,11-12,15,21H,3,8-10,19H2,1-2H3,(H,20,24)(H,22,23)/t12?,15-/m0/s1. The molecule has 0 saturated heterocycles. The molecule has 6 nitrogen and oxygen atoms in total. The minimum Gasteiger partial charge on any atom is -0.361 e. The van der Waals surface area contributed by atoms with Gasteiger partial charge in [-0.15, -0.1) is 0 Å². The quantitative estimate of drug-likeness (QED) is 0.589. The number of fused-ring (bicyclic) bond motifs is 1. The zero-order chi connectivity index (χ0) is 17.5. The second kappa shape index (κ2) is 8.49. The van der Waals surface area contributed by atoms with Gasteiger partial charge >= 0.3 is 0 Å². The van der Waals surface area contributed by atoms with Gasteiger partial charge in [0.05, 0.1) is 6.04 Å². The van der Waals surface area contributed by atoms with Crippen LogP contribution in [0.2, 0.25) is 0 Å². The Bertz CT molecular complexity index is 695. The Kier molecular flexibility index (Phi) is 6.37. The summed E-state index contributed by atoms with van der Waals surface area (Å²) in [6.45, 7) is 4.26. The average molecular weight is 330 g/mol.